The fraction of sp³-hybridized carbons (Fsp3) is 0.548. The van der Waals surface area contributed by atoms with Gasteiger partial charge in [0.15, 0.2) is 0 Å². The van der Waals surface area contributed by atoms with E-state index < -0.39 is 5.41 Å². The fourth-order valence-corrected chi connectivity index (χ4v) is 5.97. The average molecular weight is 508 g/mol. The van der Waals surface area contributed by atoms with Crippen LogP contribution in [0.5, 0.6) is 0 Å². The Balaban J connectivity index is 1.33. The van der Waals surface area contributed by atoms with Gasteiger partial charge in [0.25, 0.3) is 0 Å². The molecule has 37 heavy (non-hydrogen) atoms. The lowest BCUT2D eigenvalue weighted by molar-refractivity contribution is -0.150. The smallest absolute Gasteiger partial charge is 0.410 e. The largest absolute Gasteiger partial charge is 0.469 e. The summed E-state index contributed by atoms with van der Waals surface area (Å²) in [6.07, 6.45) is 2.84. The molecule has 0 spiro atoms. The minimum absolute atomic E-state index is 0.206. The number of ether oxygens (including phenoxy) is 3. The number of carbonyl (C=O) groups excluding carboxylic acids is 2. The molecule has 2 atom stereocenters. The number of amides is 1. The molecule has 4 rings (SSSR count). The van der Waals surface area contributed by atoms with Gasteiger partial charge in [-0.1, -0.05) is 48.5 Å². The summed E-state index contributed by atoms with van der Waals surface area (Å²) in [6.45, 7) is 10.9. The molecule has 1 amide bonds. The molecule has 0 aromatic heterocycles. The number of hydrogen-bond donors (Lipinski definition) is 0. The molecule has 1 fully saturated rings. The van der Waals surface area contributed by atoms with Crippen LogP contribution in [0.3, 0.4) is 0 Å². The normalized spacial score (nSPS) is 19.0. The van der Waals surface area contributed by atoms with Crippen molar-refractivity contribution in [2.75, 3.05) is 20.3 Å². The minimum atomic E-state index is -0.641. The van der Waals surface area contributed by atoms with E-state index in [1.807, 2.05) is 49.9 Å². The molecule has 2 aliphatic rings. The van der Waals surface area contributed by atoms with Gasteiger partial charge in [0, 0.05) is 5.54 Å². The van der Waals surface area contributed by atoms with Gasteiger partial charge in [-0.05, 0) is 88.5 Å². The number of nitrogens with zero attached hydrogens (tertiary/aromatic N) is 1. The summed E-state index contributed by atoms with van der Waals surface area (Å²) < 4.78 is 16.9. The molecule has 6 heteroatoms. The highest BCUT2D eigenvalue weighted by molar-refractivity contribution is 5.76. The second-order valence-electron chi connectivity index (χ2n) is 11.9. The Morgan fingerprint density at radius 3 is 2.32 bits per heavy atom. The maximum absolute atomic E-state index is 12.8. The van der Waals surface area contributed by atoms with E-state index >= 15 is 0 Å². The van der Waals surface area contributed by atoms with Crippen LogP contribution in [0.4, 0.5) is 4.79 Å². The standard InChI is InChI=1S/C31H41NO5/c1-21(27-14-10-9-13-25(27)18-30(2,3)28(33)35-6)36-20-26-19-32(29(34)37-26)31(4,5)17-22-15-23-11-7-8-12-24(23)16-22/h7-14,21-22,26H,15-20H2,1-6H3/t21-,26-/m1/s1. The molecule has 1 aliphatic heterocycles. The van der Waals surface area contributed by atoms with E-state index in [2.05, 4.69) is 38.1 Å². The minimum Gasteiger partial charge on any atom is -0.469 e. The lowest BCUT2D eigenvalue weighted by Gasteiger charge is -2.35. The number of fused-ring (bicyclic) bond motifs is 1. The van der Waals surface area contributed by atoms with Crippen molar-refractivity contribution >= 4 is 12.1 Å². The predicted octanol–water partition coefficient (Wildman–Crippen LogP) is 5.91. The van der Waals surface area contributed by atoms with Crippen LogP contribution < -0.4 is 0 Å². The molecule has 0 bridgehead atoms. The molecule has 0 radical (unpaired) electrons. The quantitative estimate of drug-likeness (QED) is 0.374. The van der Waals surface area contributed by atoms with Crippen LogP contribution in [-0.4, -0.2) is 48.9 Å². The van der Waals surface area contributed by atoms with Gasteiger partial charge in [-0.2, -0.15) is 0 Å². The number of cyclic esters (lactones) is 1. The van der Waals surface area contributed by atoms with Gasteiger partial charge >= 0.3 is 12.1 Å². The molecule has 2 aromatic carbocycles. The highest BCUT2D eigenvalue weighted by Gasteiger charge is 2.42. The van der Waals surface area contributed by atoms with Crippen LogP contribution in [0.25, 0.3) is 0 Å². The Hall–Kier alpha value is -2.86. The Morgan fingerprint density at radius 2 is 1.68 bits per heavy atom. The van der Waals surface area contributed by atoms with E-state index in [9.17, 15) is 9.59 Å². The zero-order chi connectivity index (χ0) is 26.8. The van der Waals surface area contributed by atoms with Crippen LogP contribution in [-0.2, 0) is 38.3 Å². The lowest BCUT2D eigenvalue weighted by Crippen LogP contribution is -2.46. The van der Waals surface area contributed by atoms with Gasteiger partial charge in [-0.25, -0.2) is 4.79 Å². The number of esters is 1. The summed E-state index contributed by atoms with van der Waals surface area (Å²) in [4.78, 5) is 26.9. The third kappa shape index (κ3) is 6.18. The van der Waals surface area contributed by atoms with E-state index in [0.717, 1.165) is 30.4 Å². The molecule has 0 N–H and O–H groups in total. The highest BCUT2D eigenvalue weighted by atomic mass is 16.6. The summed E-state index contributed by atoms with van der Waals surface area (Å²) in [5.41, 5.74) is 4.01. The van der Waals surface area contributed by atoms with Gasteiger partial charge in [0.1, 0.15) is 6.10 Å². The third-order valence-corrected chi connectivity index (χ3v) is 7.92. The number of carbonyl (C=O) groups is 2. The number of hydrogen-bond acceptors (Lipinski definition) is 5. The molecule has 0 saturated carbocycles. The SMILES string of the molecule is COC(=O)C(C)(C)Cc1ccccc1[C@@H](C)OC[C@H]1CN(C(C)(C)CC2Cc3ccccc3C2)C(=O)O1. The highest BCUT2D eigenvalue weighted by Crippen LogP contribution is 2.36. The summed E-state index contributed by atoms with van der Waals surface area (Å²) in [5.74, 6) is 0.291. The summed E-state index contributed by atoms with van der Waals surface area (Å²) >= 11 is 0. The molecular formula is C31H41NO5. The molecule has 2 aromatic rings. The van der Waals surface area contributed by atoms with Gasteiger partial charge in [0.2, 0.25) is 0 Å². The van der Waals surface area contributed by atoms with Crippen molar-refractivity contribution in [1.29, 1.82) is 0 Å². The van der Waals surface area contributed by atoms with Crippen molar-refractivity contribution in [3.63, 3.8) is 0 Å². The fourth-order valence-electron chi connectivity index (χ4n) is 5.97. The van der Waals surface area contributed by atoms with Crippen molar-refractivity contribution in [3.05, 3.63) is 70.8 Å². The van der Waals surface area contributed by atoms with E-state index in [1.54, 1.807) is 0 Å². The van der Waals surface area contributed by atoms with E-state index in [0.29, 0.717) is 25.5 Å². The van der Waals surface area contributed by atoms with Crippen LogP contribution >= 0.6 is 0 Å². The van der Waals surface area contributed by atoms with E-state index in [4.69, 9.17) is 14.2 Å². The third-order valence-electron chi connectivity index (χ3n) is 7.92. The van der Waals surface area contributed by atoms with Gasteiger partial charge in [-0.3, -0.25) is 9.69 Å². The van der Waals surface area contributed by atoms with E-state index in [1.165, 1.54) is 18.2 Å². The zero-order valence-electron chi connectivity index (χ0n) is 23.1. The number of benzene rings is 2. The van der Waals surface area contributed by atoms with Crippen molar-refractivity contribution < 1.29 is 23.8 Å². The van der Waals surface area contributed by atoms with Crippen LogP contribution in [0.15, 0.2) is 48.5 Å². The molecule has 200 valence electrons. The molecule has 1 saturated heterocycles. The topological polar surface area (TPSA) is 65.1 Å². The van der Waals surface area contributed by atoms with Crippen LogP contribution in [0, 0.1) is 11.3 Å². The Bertz CT molecular complexity index is 1100. The molecule has 6 nitrogen and oxygen atoms in total. The van der Waals surface area contributed by atoms with Crippen molar-refractivity contribution in [2.45, 2.75) is 78.0 Å². The summed E-state index contributed by atoms with van der Waals surface area (Å²) in [7, 11) is 1.42. The van der Waals surface area contributed by atoms with Gasteiger partial charge in [0.05, 0.1) is 31.8 Å². The van der Waals surface area contributed by atoms with Gasteiger partial charge in [-0.15, -0.1) is 0 Å². The molecule has 0 unspecified atom stereocenters. The van der Waals surface area contributed by atoms with Crippen molar-refractivity contribution in [3.8, 4) is 0 Å². The summed E-state index contributed by atoms with van der Waals surface area (Å²) in [6, 6.07) is 16.7. The Kier molecular flexibility index (Phi) is 7.98. The van der Waals surface area contributed by atoms with Gasteiger partial charge < -0.3 is 14.2 Å². The zero-order valence-corrected chi connectivity index (χ0v) is 23.1. The first-order valence-corrected chi connectivity index (χ1v) is 13.3. The second kappa shape index (κ2) is 10.9. The predicted molar refractivity (Wildman–Crippen MR) is 143 cm³/mol. The van der Waals surface area contributed by atoms with Crippen molar-refractivity contribution in [2.24, 2.45) is 11.3 Å². The number of methoxy groups -OCH3 is 1. The van der Waals surface area contributed by atoms with Crippen LogP contribution in [0.2, 0.25) is 0 Å². The first-order chi connectivity index (χ1) is 17.5. The second-order valence-corrected chi connectivity index (χ2v) is 11.9. The van der Waals surface area contributed by atoms with Crippen molar-refractivity contribution in [1.82, 2.24) is 4.90 Å². The monoisotopic (exact) mass is 507 g/mol. The maximum Gasteiger partial charge on any atom is 0.410 e. The first-order valence-electron chi connectivity index (χ1n) is 13.3. The Labute approximate surface area is 221 Å². The average Bonchev–Trinajstić information content (AvgIpc) is 3.44. The summed E-state index contributed by atoms with van der Waals surface area (Å²) in [5, 5.41) is 0. The molecule has 1 aliphatic carbocycles. The molecule has 1 heterocycles. The maximum atomic E-state index is 12.8. The first kappa shape index (κ1) is 27.2. The molecular weight excluding hydrogens is 466 g/mol. The number of rotatable bonds is 10. The lowest BCUT2D eigenvalue weighted by atomic mass is 9.83. The Morgan fingerprint density at radius 1 is 1.05 bits per heavy atom. The van der Waals surface area contributed by atoms with Crippen LogP contribution in [0.1, 0.15) is 69.4 Å². The van der Waals surface area contributed by atoms with E-state index in [-0.39, 0.29) is 29.8 Å².